The summed E-state index contributed by atoms with van der Waals surface area (Å²) in [6, 6.07) is 7.96. The number of nitrogen functional groups attached to an aromatic ring is 1. The molecule has 1 fully saturated rings. The maximum absolute atomic E-state index is 6.16. The molecule has 0 aliphatic carbocycles. The van der Waals surface area contributed by atoms with E-state index in [1.54, 1.807) is 13.3 Å². The van der Waals surface area contributed by atoms with E-state index < -0.39 is 0 Å². The minimum atomic E-state index is 0.368. The SMILES string of the molecule is COc1cccc2oc(-c3cc(-c4cnn(C5CCN(C)CC5)c4)cnc3N)nc12. The predicted molar refractivity (Wildman–Crippen MR) is 115 cm³/mol. The molecule has 8 heteroatoms. The highest BCUT2D eigenvalue weighted by atomic mass is 16.5. The summed E-state index contributed by atoms with van der Waals surface area (Å²) < 4.78 is 13.4. The lowest BCUT2D eigenvalue weighted by molar-refractivity contribution is 0.212. The predicted octanol–water partition coefficient (Wildman–Crippen LogP) is 3.61. The van der Waals surface area contributed by atoms with Crippen molar-refractivity contribution in [3.8, 4) is 28.3 Å². The van der Waals surface area contributed by atoms with Gasteiger partial charge in [0, 0.05) is 23.5 Å². The third-order valence-electron chi connectivity index (χ3n) is 5.75. The van der Waals surface area contributed by atoms with Gasteiger partial charge in [-0.2, -0.15) is 5.10 Å². The fourth-order valence-corrected chi connectivity index (χ4v) is 3.95. The summed E-state index contributed by atoms with van der Waals surface area (Å²) in [5, 5.41) is 4.61. The number of nitrogens with two attached hydrogens (primary N) is 1. The Balaban J connectivity index is 1.49. The standard InChI is InChI=1S/C22H24N6O2/c1-27-8-6-16(7-9-27)28-13-15(12-25-28)14-10-17(21(23)24-11-14)22-26-20-18(29-2)4-3-5-19(20)30-22/h3-5,10-13,16H,6-9H2,1-2H3,(H2,23,24). The second kappa shape index (κ2) is 7.46. The van der Waals surface area contributed by atoms with Gasteiger partial charge >= 0.3 is 0 Å². The first-order valence-corrected chi connectivity index (χ1v) is 10.0. The average Bonchev–Trinajstić information content (AvgIpc) is 3.42. The summed E-state index contributed by atoms with van der Waals surface area (Å²) in [5.74, 6) is 1.45. The van der Waals surface area contributed by atoms with Gasteiger partial charge in [0.2, 0.25) is 5.89 Å². The van der Waals surface area contributed by atoms with Crippen LogP contribution in [0.1, 0.15) is 18.9 Å². The van der Waals surface area contributed by atoms with Gasteiger partial charge < -0.3 is 19.8 Å². The Hall–Kier alpha value is -3.39. The van der Waals surface area contributed by atoms with Crippen LogP contribution in [0.3, 0.4) is 0 Å². The van der Waals surface area contributed by atoms with Crippen LogP contribution < -0.4 is 10.5 Å². The molecule has 1 aliphatic heterocycles. The Bertz CT molecular complexity index is 1190. The first-order valence-electron chi connectivity index (χ1n) is 10.0. The van der Waals surface area contributed by atoms with E-state index in [0.717, 1.165) is 37.1 Å². The number of rotatable bonds is 4. The topological polar surface area (TPSA) is 95.2 Å². The molecule has 8 nitrogen and oxygen atoms in total. The number of oxazole rings is 1. The van der Waals surface area contributed by atoms with Crippen molar-refractivity contribution < 1.29 is 9.15 Å². The van der Waals surface area contributed by atoms with Crippen molar-refractivity contribution in [3.05, 3.63) is 42.9 Å². The minimum Gasteiger partial charge on any atom is -0.494 e. The fraction of sp³-hybridized carbons (Fsp3) is 0.318. The number of aromatic nitrogens is 4. The molecule has 0 radical (unpaired) electrons. The molecule has 0 atom stereocenters. The van der Waals surface area contributed by atoms with E-state index in [0.29, 0.717) is 40.2 Å². The number of piperidine rings is 1. The highest BCUT2D eigenvalue weighted by molar-refractivity contribution is 5.84. The Kier molecular flexibility index (Phi) is 4.63. The molecule has 0 bridgehead atoms. The quantitative estimate of drug-likeness (QED) is 0.555. The molecular weight excluding hydrogens is 380 g/mol. The van der Waals surface area contributed by atoms with Gasteiger partial charge in [-0.3, -0.25) is 4.68 Å². The van der Waals surface area contributed by atoms with Gasteiger partial charge in [0.25, 0.3) is 0 Å². The van der Waals surface area contributed by atoms with Crippen LogP contribution in [-0.4, -0.2) is 51.9 Å². The van der Waals surface area contributed by atoms with E-state index >= 15 is 0 Å². The zero-order valence-electron chi connectivity index (χ0n) is 17.1. The van der Waals surface area contributed by atoms with Crippen LogP contribution in [0.25, 0.3) is 33.7 Å². The summed E-state index contributed by atoms with van der Waals surface area (Å²) in [4.78, 5) is 11.3. The molecule has 4 heterocycles. The Morgan fingerprint density at radius 3 is 2.80 bits per heavy atom. The molecule has 5 rings (SSSR count). The number of para-hydroxylation sites is 1. The number of ether oxygens (including phenoxy) is 1. The van der Waals surface area contributed by atoms with Gasteiger partial charge in [-0.05, 0) is 51.2 Å². The number of pyridine rings is 1. The first-order chi connectivity index (χ1) is 14.6. The molecule has 154 valence electrons. The second-order valence-electron chi connectivity index (χ2n) is 7.73. The third kappa shape index (κ3) is 3.29. The molecule has 0 amide bonds. The molecule has 1 aromatic carbocycles. The molecule has 0 saturated carbocycles. The number of methoxy groups -OCH3 is 1. The zero-order valence-corrected chi connectivity index (χ0v) is 17.1. The Labute approximate surface area is 174 Å². The van der Waals surface area contributed by atoms with Crippen LogP contribution in [0.5, 0.6) is 5.75 Å². The Morgan fingerprint density at radius 2 is 2.00 bits per heavy atom. The van der Waals surface area contributed by atoms with Crippen LogP contribution in [0.2, 0.25) is 0 Å². The molecule has 30 heavy (non-hydrogen) atoms. The van der Waals surface area contributed by atoms with Crippen LogP contribution in [0.15, 0.2) is 47.3 Å². The lowest BCUT2D eigenvalue weighted by Crippen LogP contribution is -2.31. The van der Waals surface area contributed by atoms with Gasteiger partial charge in [-0.15, -0.1) is 0 Å². The van der Waals surface area contributed by atoms with Gasteiger partial charge in [-0.25, -0.2) is 9.97 Å². The van der Waals surface area contributed by atoms with Gasteiger partial charge in [0.1, 0.15) is 11.6 Å². The van der Waals surface area contributed by atoms with E-state index in [1.807, 2.05) is 30.5 Å². The normalized spacial score (nSPS) is 15.7. The third-order valence-corrected chi connectivity index (χ3v) is 5.75. The van der Waals surface area contributed by atoms with Crippen molar-refractivity contribution in [1.82, 2.24) is 24.6 Å². The van der Waals surface area contributed by atoms with Crippen LogP contribution in [0, 0.1) is 0 Å². The average molecular weight is 404 g/mol. The van der Waals surface area contributed by atoms with E-state index in [-0.39, 0.29) is 0 Å². The number of benzene rings is 1. The molecule has 1 aliphatic rings. The maximum Gasteiger partial charge on any atom is 0.231 e. The first kappa shape index (κ1) is 18.6. The van der Waals surface area contributed by atoms with Crippen LogP contribution >= 0.6 is 0 Å². The molecule has 3 aromatic heterocycles. The molecule has 2 N–H and O–H groups in total. The van der Waals surface area contributed by atoms with E-state index in [2.05, 4.69) is 37.9 Å². The van der Waals surface area contributed by atoms with Crippen molar-refractivity contribution >= 4 is 16.9 Å². The zero-order chi connectivity index (χ0) is 20.7. The molecule has 1 saturated heterocycles. The van der Waals surface area contributed by atoms with Crippen LogP contribution in [0.4, 0.5) is 5.82 Å². The second-order valence-corrected chi connectivity index (χ2v) is 7.73. The fourth-order valence-electron chi connectivity index (χ4n) is 3.95. The number of fused-ring (bicyclic) bond motifs is 1. The highest BCUT2D eigenvalue weighted by Crippen LogP contribution is 2.34. The lowest BCUT2D eigenvalue weighted by Gasteiger charge is -2.28. The van der Waals surface area contributed by atoms with Gasteiger partial charge in [0.05, 0.1) is 24.9 Å². The largest absolute Gasteiger partial charge is 0.494 e. The molecular formula is C22H24N6O2. The van der Waals surface area contributed by atoms with Crippen molar-refractivity contribution in [2.45, 2.75) is 18.9 Å². The monoisotopic (exact) mass is 404 g/mol. The smallest absolute Gasteiger partial charge is 0.231 e. The summed E-state index contributed by atoms with van der Waals surface area (Å²) in [7, 11) is 3.77. The minimum absolute atomic E-state index is 0.368. The van der Waals surface area contributed by atoms with Crippen LogP contribution in [-0.2, 0) is 0 Å². The maximum atomic E-state index is 6.16. The summed E-state index contributed by atoms with van der Waals surface area (Å²) in [6.07, 6.45) is 7.94. The summed E-state index contributed by atoms with van der Waals surface area (Å²) >= 11 is 0. The number of anilines is 1. The molecule has 4 aromatic rings. The molecule has 0 spiro atoms. The summed E-state index contributed by atoms with van der Waals surface area (Å²) in [6.45, 7) is 2.18. The lowest BCUT2D eigenvalue weighted by atomic mass is 10.1. The number of hydrogen-bond donors (Lipinski definition) is 1. The highest BCUT2D eigenvalue weighted by Gasteiger charge is 2.20. The van der Waals surface area contributed by atoms with Crippen molar-refractivity contribution in [2.75, 3.05) is 33.0 Å². The molecule has 0 unspecified atom stereocenters. The van der Waals surface area contributed by atoms with Crippen molar-refractivity contribution in [1.29, 1.82) is 0 Å². The number of nitrogens with zero attached hydrogens (tertiary/aromatic N) is 5. The van der Waals surface area contributed by atoms with E-state index in [1.165, 1.54) is 0 Å². The summed E-state index contributed by atoms with van der Waals surface area (Å²) in [5.41, 5.74) is 10.0. The number of likely N-dealkylation sites (tertiary alicyclic amines) is 1. The van der Waals surface area contributed by atoms with Crippen molar-refractivity contribution in [3.63, 3.8) is 0 Å². The van der Waals surface area contributed by atoms with Gasteiger partial charge in [0.15, 0.2) is 11.1 Å². The number of hydrogen-bond acceptors (Lipinski definition) is 7. The van der Waals surface area contributed by atoms with Crippen molar-refractivity contribution in [2.24, 2.45) is 0 Å². The van der Waals surface area contributed by atoms with E-state index in [9.17, 15) is 0 Å². The Morgan fingerprint density at radius 1 is 1.17 bits per heavy atom. The van der Waals surface area contributed by atoms with Gasteiger partial charge in [-0.1, -0.05) is 6.07 Å². The van der Waals surface area contributed by atoms with E-state index in [4.69, 9.17) is 14.9 Å².